The SMILES string of the molecule is CC(C)(N)C(=O)Nc1ncc(Cl)s1. The van der Waals surface area contributed by atoms with Crippen LogP contribution in [0.5, 0.6) is 0 Å². The molecule has 0 spiro atoms. The number of halogens is 1. The highest BCUT2D eigenvalue weighted by molar-refractivity contribution is 7.19. The summed E-state index contributed by atoms with van der Waals surface area (Å²) in [4.78, 5) is 15.2. The van der Waals surface area contributed by atoms with E-state index in [1.807, 2.05) is 0 Å². The van der Waals surface area contributed by atoms with Gasteiger partial charge in [-0.15, -0.1) is 0 Å². The van der Waals surface area contributed by atoms with Gasteiger partial charge in [-0.3, -0.25) is 4.79 Å². The Hall–Kier alpha value is -0.650. The molecule has 4 nitrogen and oxygen atoms in total. The molecule has 3 N–H and O–H groups in total. The van der Waals surface area contributed by atoms with Gasteiger partial charge in [0.15, 0.2) is 5.13 Å². The summed E-state index contributed by atoms with van der Waals surface area (Å²) in [5.41, 5.74) is 4.66. The monoisotopic (exact) mass is 219 g/mol. The van der Waals surface area contributed by atoms with E-state index < -0.39 is 5.54 Å². The fraction of sp³-hybridized carbons (Fsp3) is 0.429. The van der Waals surface area contributed by atoms with Crippen molar-refractivity contribution in [3.63, 3.8) is 0 Å². The molecule has 6 heteroatoms. The van der Waals surface area contributed by atoms with Crippen LogP contribution < -0.4 is 11.1 Å². The van der Waals surface area contributed by atoms with E-state index >= 15 is 0 Å². The number of amides is 1. The fourth-order valence-corrected chi connectivity index (χ4v) is 1.38. The Kier molecular flexibility index (Phi) is 2.90. The van der Waals surface area contributed by atoms with Crippen molar-refractivity contribution < 1.29 is 4.79 Å². The van der Waals surface area contributed by atoms with Crippen molar-refractivity contribution in [2.75, 3.05) is 5.32 Å². The molecule has 0 saturated carbocycles. The molecule has 0 bridgehead atoms. The Labute approximate surface area is 85.1 Å². The predicted octanol–water partition coefficient (Wildman–Crippen LogP) is 1.47. The first kappa shape index (κ1) is 10.4. The van der Waals surface area contributed by atoms with E-state index in [1.54, 1.807) is 13.8 Å². The minimum atomic E-state index is -0.905. The van der Waals surface area contributed by atoms with Crippen LogP contribution in [-0.2, 0) is 4.79 Å². The molecule has 0 aliphatic heterocycles. The molecule has 1 amide bonds. The molecule has 0 fully saturated rings. The Bertz CT molecular complexity index is 318. The molecule has 1 aromatic rings. The molecule has 13 heavy (non-hydrogen) atoms. The number of hydrogen-bond donors (Lipinski definition) is 2. The Morgan fingerprint density at radius 2 is 2.38 bits per heavy atom. The maximum absolute atomic E-state index is 11.3. The summed E-state index contributed by atoms with van der Waals surface area (Å²) in [6.45, 7) is 3.25. The van der Waals surface area contributed by atoms with Gasteiger partial charge in [0.1, 0.15) is 4.34 Å². The molecule has 0 unspecified atom stereocenters. The van der Waals surface area contributed by atoms with Crippen molar-refractivity contribution in [3.8, 4) is 0 Å². The number of anilines is 1. The minimum Gasteiger partial charge on any atom is -0.318 e. The van der Waals surface area contributed by atoms with Gasteiger partial charge < -0.3 is 11.1 Å². The van der Waals surface area contributed by atoms with E-state index in [9.17, 15) is 4.79 Å². The maximum atomic E-state index is 11.3. The second kappa shape index (κ2) is 3.61. The van der Waals surface area contributed by atoms with Crippen LogP contribution >= 0.6 is 22.9 Å². The maximum Gasteiger partial charge on any atom is 0.245 e. The van der Waals surface area contributed by atoms with Crippen molar-refractivity contribution in [2.24, 2.45) is 5.73 Å². The van der Waals surface area contributed by atoms with E-state index in [2.05, 4.69) is 10.3 Å². The number of nitrogens with zero attached hydrogens (tertiary/aromatic N) is 1. The molecule has 72 valence electrons. The predicted molar refractivity (Wildman–Crippen MR) is 54.0 cm³/mol. The number of nitrogens with two attached hydrogens (primary N) is 1. The van der Waals surface area contributed by atoms with Gasteiger partial charge in [-0.1, -0.05) is 22.9 Å². The van der Waals surface area contributed by atoms with E-state index in [1.165, 1.54) is 17.5 Å². The van der Waals surface area contributed by atoms with Crippen molar-refractivity contribution in [2.45, 2.75) is 19.4 Å². The van der Waals surface area contributed by atoms with Gasteiger partial charge >= 0.3 is 0 Å². The molecule has 0 aliphatic rings. The van der Waals surface area contributed by atoms with Gasteiger partial charge in [-0.05, 0) is 13.8 Å². The summed E-state index contributed by atoms with van der Waals surface area (Å²) in [6.07, 6.45) is 1.48. The highest BCUT2D eigenvalue weighted by atomic mass is 35.5. The summed E-state index contributed by atoms with van der Waals surface area (Å²) >= 11 is 6.83. The van der Waals surface area contributed by atoms with Crippen LogP contribution in [0.4, 0.5) is 5.13 Å². The number of hydrogen-bond acceptors (Lipinski definition) is 4. The third-order valence-electron chi connectivity index (χ3n) is 1.28. The van der Waals surface area contributed by atoms with Crippen LogP contribution in [0.3, 0.4) is 0 Å². The lowest BCUT2D eigenvalue weighted by Crippen LogP contribution is -2.45. The number of nitrogens with one attached hydrogen (secondary N) is 1. The summed E-state index contributed by atoms with van der Waals surface area (Å²) in [5.74, 6) is -0.279. The van der Waals surface area contributed by atoms with Gasteiger partial charge in [0.25, 0.3) is 0 Å². The standard InChI is InChI=1S/C7H10ClN3OS/c1-7(2,9)5(12)11-6-10-3-4(8)13-6/h3H,9H2,1-2H3,(H,10,11,12). The van der Waals surface area contributed by atoms with Gasteiger partial charge in [0.2, 0.25) is 5.91 Å². The highest BCUT2D eigenvalue weighted by Gasteiger charge is 2.22. The number of thiazole rings is 1. The van der Waals surface area contributed by atoms with Crippen LogP contribution in [0.2, 0.25) is 4.34 Å². The molecular formula is C7H10ClN3OS. The van der Waals surface area contributed by atoms with Gasteiger partial charge in [-0.25, -0.2) is 4.98 Å². The number of aromatic nitrogens is 1. The molecule has 0 saturated heterocycles. The molecular weight excluding hydrogens is 210 g/mol. The molecule has 1 aromatic heterocycles. The summed E-state index contributed by atoms with van der Waals surface area (Å²) in [7, 11) is 0. The normalized spacial score (nSPS) is 11.4. The van der Waals surface area contributed by atoms with E-state index in [0.29, 0.717) is 9.47 Å². The van der Waals surface area contributed by atoms with Crippen molar-refractivity contribution in [1.82, 2.24) is 4.98 Å². The lowest BCUT2D eigenvalue weighted by Gasteiger charge is -2.15. The molecule has 0 atom stereocenters. The fourth-order valence-electron chi connectivity index (χ4n) is 0.570. The highest BCUT2D eigenvalue weighted by Crippen LogP contribution is 2.22. The number of carbonyl (C=O) groups is 1. The number of carbonyl (C=O) groups excluding carboxylic acids is 1. The first-order valence-corrected chi connectivity index (χ1v) is 4.80. The molecule has 1 rings (SSSR count). The van der Waals surface area contributed by atoms with Gasteiger partial charge in [0.05, 0.1) is 11.7 Å². The molecule has 0 radical (unpaired) electrons. The average molecular weight is 220 g/mol. The van der Waals surface area contributed by atoms with Gasteiger partial charge in [-0.2, -0.15) is 0 Å². The van der Waals surface area contributed by atoms with Crippen LogP contribution in [-0.4, -0.2) is 16.4 Å². The van der Waals surface area contributed by atoms with Crippen molar-refractivity contribution >= 4 is 34.0 Å². The first-order chi connectivity index (χ1) is 5.89. The Morgan fingerprint density at radius 3 is 2.77 bits per heavy atom. The van der Waals surface area contributed by atoms with E-state index in [-0.39, 0.29) is 5.91 Å². The first-order valence-electron chi connectivity index (χ1n) is 3.61. The van der Waals surface area contributed by atoms with Crippen molar-refractivity contribution in [1.29, 1.82) is 0 Å². The van der Waals surface area contributed by atoms with E-state index in [0.717, 1.165) is 0 Å². The third kappa shape index (κ3) is 2.95. The summed E-state index contributed by atoms with van der Waals surface area (Å²) in [6, 6.07) is 0. The quantitative estimate of drug-likeness (QED) is 0.792. The largest absolute Gasteiger partial charge is 0.318 e. The zero-order valence-electron chi connectivity index (χ0n) is 7.30. The summed E-state index contributed by atoms with van der Waals surface area (Å²) < 4.78 is 0.533. The third-order valence-corrected chi connectivity index (χ3v) is 2.31. The average Bonchev–Trinajstić information content (AvgIpc) is 2.33. The second-order valence-electron chi connectivity index (χ2n) is 3.15. The second-order valence-corrected chi connectivity index (χ2v) is 4.81. The molecule has 0 aliphatic carbocycles. The van der Waals surface area contributed by atoms with Crippen LogP contribution in [0.15, 0.2) is 6.20 Å². The Balaban J connectivity index is 2.65. The Morgan fingerprint density at radius 1 is 1.77 bits per heavy atom. The van der Waals surface area contributed by atoms with Crippen LogP contribution in [0.1, 0.15) is 13.8 Å². The minimum absolute atomic E-state index is 0.279. The van der Waals surface area contributed by atoms with E-state index in [4.69, 9.17) is 17.3 Å². The lowest BCUT2D eigenvalue weighted by atomic mass is 10.1. The molecule has 1 heterocycles. The molecule has 0 aromatic carbocycles. The summed E-state index contributed by atoms with van der Waals surface area (Å²) in [5, 5.41) is 3.03. The van der Waals surface area contributed by atoms with Crippen LogP contribution in [0, 0.1) is 0 Å². The zero-order chi connectivity index (χ0) is 10.1. The lowest BCUT2D eigenvalue weighted by molar-refractivity contribution is -0.120. The van der Waals surface area contributed by atoms with Gasteiger partial charge in [0, 0.05) is 0 Å². The smallest absolute Gasteiger partial charge is 0.245 e. The number of rotatable bonds is 2. The van der Waals surface area contributed by atoms with Crippen LogP contribution in [0.25, 0.3) is 0 Å². The zero-order valence-corrected chi connectivity index (χ0v) is 8.87. The topological polar surface area (TPSA) is 68.0 Å². The van der Waals surface area contributed by atoms with Crippen molar-refractivity contribution in [3.05, 3.63) is 10.5 Å².